The lowest BCUT2D eigenvalue weighted by Gasteiger charge is -2.40. The molecule has 0 unspecified atom stereocenters. The number of guanidine groups is 1. The third-order valence-electron chi connectivity index (χ3n) is 5.17. The van der Waals surface area contributed by atoms with E-state index < -0.39 is 0 Å². The lowest BCUT2D eigenvalue weighted by atomic mass is 9.99. The van der Waals surface area contributed by atoms with Gasteiger partial charge < -0.3 is 15.2 Å². The molecule has 2 aromatic rings. The highest BCUT2D eigenvalue weighted by atomic mass is 16.5. The normalized spacial score (nSPS) is 16.0. The van der Waals surface area contributed by atoms with Crippen LogP contribution in [0, 0.1) is 0 Å². The van der Waals surface area contributed by atoms with E-state index in [2.05, 4.69) is 51.4 Å². The van der Waals surface area contributed by atoms with Crippen LogP contribution in [-0.2, 0) is 6.42 Å². The van der Waals surface area contributed by atoms with Gasteiger partial charge in [0.25, 0.3) is 5.89 Å². The highest BCUT2D eigenvalue weighted by Crippen LogP contribution is 2.20. The first-order valence-electron chi connectivity index (χ1n) is 10.6. The van der Waals surface area contributed by atoms with E-state index in [0.717, 1.165) is 19.0 Å². The number of hydrogen-bond acceptors (Lipinski definition) is 6. The maximum absolute atomic E-state index is 5.31. The highest BCUT2D eigenvalue weighted by Gasteiger charge is 2.27. The summed E-state index contributed by atoms with van der Waals surface area (Å²) in [6.45, 7) is 11.2. The summed E-state index contributed by atoms with van der Waals surface area (Å²) in [5.41, 5.74) is 0.752. The molecule has 29 heavy (non-hydrogen) atoms. The van der Waals surface area contributed by atoms with Gasteiger partial charge in [0.15, 0.2) is 11.8 Å². The van der Waals surface area contributed by atoms with Crippen LogP contribution in [0.3, 0.4) is 0 Å². The molecule has 8 heteroatoms. The SMILES string of the molecule is CCNC(=NCC(C)(C)N1CCCCC1)NCCc1noc(-c2ccccn2)n1. The van der Waals surface area contributed by atoms with Gasteiger partial charge in [0, 0.05) is 31.2 Å². The molecule has 0 atom stereocenters. The van der Waals surface area contributed by atoms with Crippen molar-refractivity contribution in [1.29, 1.82) is 0 Å². The van der Waals surface area contributed by atoms with Crippen LogP contribution in [0.4, 0.5) is 0 Å². The smallest absolute Gasteiger partial charge is 0.276 e. The van der Waals surface area contributed by atoms with Gasteiger partial charge in [-0.3, -0.25) is 14.9 Å². The predicted octanol–water partition coefficient (Wildman–Crippen LogP) is 2.49. The van der Waals surface area contributed by atoms with E-state index in [9.17, 15) is 0 Å². The lowest BCUT2D eigenvalue weighted by Crippen LogP contribution is -2.49. The van der Waals surface area contributed by atoms with E-state index in [-0.39, 0.29) is 5.54 Å². The lowest BCUT2D eigenvalue weighted by molar-refractivity contribution is 0.102. The van der Waals surface area contributed by atoms with Crippen LogP contribution in [0.2, 0.25) is 0 Å². The monoisotopic (exact) mass is 399 g/mol. The van der Waals surface area contributed by atoms with Crippen LogP contribution >= 0.6 is 0 Å². The molecule has 3 rings (SSSR count). The topological polar surface area (TPSA) is 91.5 Å². The molecule has 1 fully saturated rings. The van der Waals surface area contributed by atoms with Crippen LogP contribution in [0.1, 0.15) is 45.9 Å². The average molecular weight is 400 g/mol. The van der Waals surface area contributed by atoms with E-state index in [1.54, 1.807) is 6.20 Å². The summed E-state index contributed by atoms with van der Waals surface area (Å²) in [6, 6.07) is 5.62. The Balaban J connectivity index is 1.51. The molecule has 0 radical (unpaired) electrons. The van der Waals surface area contributed by atoms with Crippen molar-refractivity contribution in [2.45, 2.75) is 52.0 Å². The molecule has 0 aliphatic carbocycles. The minimum Gasteiger partial charge on any atom is -0.357 e. The Labute approximate surface area is 173 Å². The Morgan fingerprint density at radius 2 is 2.03 bits per heavy atom. The molecule has 0 aromatic carbocycles. The molecule has 3 heterocycles. The first-order chi connectivity index (χ1) is 14.1. The van der Waals surface area contributed by atoms with Crippen LogP contribution in [0.15, 0.2) is 33.9 Å². The second-order valence-electron chi connectivity index (χ2n) is 7.96. The summed E-state index contributed by atoms with van der Waals surface area (Å²) in [4.78, 5) is 16.0. The third kappa shape index (κ3) is 6.25. The highest BCUT2D eigenvalue weighted by molar-refractivity contribution is 5.79. The van der Waals surface area contributed by atoms with Gasteiger partial charge in [-0.15, -0.1) is 0 Å². The molecule has 0 amide bonds. The Kier molecular flexibility index (Phi) is 7.57. The van der Waals surface area contributed by atoms with Crippen molar-refractivity contribution in [2.75, 3.05) is 32.7 Å². The largest absolute Gasteiger partial charge is 0.357 e. The molecular weight excluding hydrogens is 366 g/mol. The van der Waals surface area contributed by atoms with Gasteiger partial charge in [0.05, 0.1) is 6.54 Å². The molecule has 0 bridgehead atoms. The van der Waals surface area contributed by atoms with E-state index in [0.29, 0.717) is 30.4 Å². The van der Waals surface area contributed by atoms with Crippen LogP contribution in [0.5, 0.6) is 0 Å². The van der Waals surface area contributed by atoms with Crippen LogP contribution in [0.25, 0.3) is 11.6 Å². The summed E-state index contributed by atoms with van der Waals surface area (Å²) in [5.74, 6) is 1.93. The molecule has 1 aliphatic heterocycles. The zero-order valence-corrected chi connectivity index (χ0v) is 17.8. The van der Waals surface area contributed by atoms with Gasteiger partial charge in [0.2, 0.25) is 0 Å². The van der Waals surface area contributed by atoms with Crippen molar-refractivity contribution in [1.82, 2.24) is 30.7 Å². The van der Waals surface area contributed by atoms with Crippen LogP contribution < -0.4 is 10.6 Å². The number of aromatic nitrogens is 3. The van der Waals surface area contributed by atoms with E-state index in [1.165, 1.54) is 32.4 Å². The Hall–Kier alpha value is -2.48. The molecular formula is C21H33N7O. The van der Waals surface area contributed by atoms with E-state index in [1.807, 2.05) is 18.2 Å². The summed E-state index contributed by atoms with van der Waals surface area (Å²) in [5, 5.41) is 10.7. The van der Waals surface area contributed by atoms with Crippen molar-refractivity contribution in [2.24, 2.45) is 4.99 Å². The maximum atomic E-state index is 5.31. The first-order valence-corrected chi connectivity index (χ1v) is 10.6. The first kappa shape index (κ1) is 21.2. The van der Waals surface area contributed by atoms with Gasteiger partial charge in [-0.05, 0) is 58.8 Å². The molecule has 1 aliphatic rings. The number of nitrogens with zero attached hydrogens (tertiary/aromatic N) is 5. The Bertz CT molecular complexity index is 766. The van der Waals surface area contributed by atoms with Crippen molar-refractivity contribution < 1.29 is 4.52 Å². The van der Waals surface area contributed by atoms with E-state index in [4.69, 9.17) is 9.52 Å². The second kappa shape index (κ2) is 10.3. The van der Waals surface area contributed by atoms with Gasteiger partial charge >= 0.3 is 0 Å². The Morgan fingerprint density at radius 3 is 2.76 bits per heavy atom. The molecule has 0 spiro atoms. The van der Waals surface area contributed by atoms with Crippen LogP contribution in [-0.4, -0.2) is 64.2 Å². The van der Waals surface area contributed by atoms with Gasteiger partial charge in [0.1, 0.15) is 5.69 Å². The molecule has 0 saturated carbocycles. The minimum atomic E-state index is 0.0635. The summed E-state index contributed by atoms with van der Waals surface area (Å²) >= 11 is 0. The molecule has 2 N–H and O–H groups in total. The van der Waals surface area contributed by atoms with Gasteiger partial charge in [-0.2, -0.15) is 4.98 Å². The van der Waals surface area contributed by atoms with Gasteiger partial charge in [-0.25, -0.2) is 0 Å². The minimum absolute atomic E-state index is 0.0635. The number of pyridine rings is 1. The zero-order chi connectivity index (χ0) is 20.5. The third-order valence-corrected chi connectivity index (χ3v) is 5.17. The van der Waals surface area contributed by atoms with Gasteiger partial charge in [-0.1, -0.05) is 17.6 Å². The fourth-order valence-corrected chi connectivity index (χ4v) is 3.46. The molecule has 1 saturated heterocycles. The average Bonchev–Trinajstić information content (AvgIpc) is 3.22. The molecule has 158 valence electrons. The summed E-state index contributed by atoms with van der Waals surface area (Å²) in [6.07, 6.45) is 6.28. The number of likely N-dealkylation sites (tertiary alicyclic amines) is 1. The van der Waals surface area contributed by atoms with E-state index >= 15 is 0 Å². The number of rotatable bonds is 8. The molecule has 8 nitrogen and oxygen atoms in total. The van der Waals surface area contributed by atoms with Crippen molar-refractivity contribution in [3.63, 3.8) is 0 Å². The number of hydrogen-bond donors (Lipinski definition) is 2. The predicted molar refractivity (Wildman–Crippen MR) is 115 cm³/mol. The standard InChI is InChI=1S/C21H33N7O/c1-4-22-20(25-16-21(2,3)28-14-8-5-9-15-28)24-13-11-18-26-19(29-27-18)17-10-6-7-12-23-17/h6-7,10,12H,4-5,8-9,11,13-16H2,1-3H3,(H2,22,24,25). The summed E-state index contributed by atoms with van der Waals surface area (Å²) in [7, 11) is 0. The quantitative estimate of drug-likeness (QED) is 0.520. The number of nitrogens with one attached hydrogen (secondary N) is 2. The zero-order valence-electron chi connectivity index (χ0n) is 17.8. The maximum Gasteiger partial charge on any atom is 0.276 e. The van der Waals surface area contributed by atoms with Crippen molar-refractivity contribution in [3.8, 4) is 11.6 Å². The molecule has 2 aromatic heterocycles. The van der Waals surface area contributed by atoms with Crippen molar-refractivity contribution >= 4 is 5.96 Å². The summed E-state index contributed by atoms with van der Waals surface area (Å²) < 4.78 is 5.31. The fourth-order valence-electron chi connectivity index (χ4n) is 3.46. The Morgan fingerprint density at radius 1 is 1.21 bits per heavy atom. The fraction of sp³-hybridized carbons (Fsp3) is 0.619. The number of aliphatic imine (C=N–C) groups is 1. The van der Waals surface area contributed by atoms with Crippen molar-refractivity contribution in [3.05, 3.63) is 30.2 Å². The second-order valence-corrected chi connectivity index (χ2v) is 7.96. The number of piperidine rings is 1.